The standard InChI is InChI=1S/C19H17Cl3N4S/c1-11-18(24-19(27)23-17-7-6-15(21)9-16(17)22)12(2)26(25-11)10-13-4-3-5-14(20)8-13/h3-9H,10H2,1-2H3,(H2,23,24,27). The van der Waals surface area contributed by atoms with E-state index in [0.29, 0.717) is 32.4 Å². The number of thiocarbonyl (C=S) groups is 1. The van der Waals surface area contributed by atoms with Crippen LogP contribution in [0.2, 0.25) is 15.1 Å². The molecule has 0 fully saturated rings. The zero-order valence-corrected chi connectivity index (χ0v) is 17.8. The van der Waals surface area contributed by atoms with Gasteiger partial charge in [0.05, 0.1) is 34.3 Å². The summed E-state index contributed by atoms with van der Waals surface area (Å²) < 4.78 is 1.92. The molecular weight excluding hydrogens is 423 g/mol. The third-order valence-corrected chi connectivity index (χ3v) is 5.01. The molecule has 0 unspecified atom stereocenters. The maximum Gasteiger partial charge on any atom is 0.175 e. The van der Waals surface area contributed by atoms with Gasteiger partial charge in [0.1, 0.15) is 0 Å². The Bertz CT molecular complexity index is 1000. The molecule has 0 spiro atoms. The Balaban J connectivity index is 1.75. The molecule has 0 amide bonds. The lowest BCUT2D eigenvalue weighted by Crippen LogP contribution is -2.20. The molecule has 27 heavy (non-hydrogen) atoms. The maximum atomic E-state index is 6.18. The summed E-state index contributed by atoms with van der Waals surface area (Å²) in [6.45, 7) is 4.55. The van der Waals surface area contributed by atoms with Crippen LogP contribution in [-0.4, -0.2) is 14.9 Å². The topological polar surface area (TPSA) is 41.9 Å². The first-order valence-corrected chi connectivity index (χ1v) is 9.69. The van der Waals surface area contributed by atoms with Crippen LogP contribution in [0.3, 0.4) is 0 Å². The Kier molecular flexibility index (Phi) is 6.27. The molecule has 3 aromatic rings. The molecule has 0 saturated heterocycles. The lowest BCUT2D eigenvalue weighted by Gasteiger charge is -2.12. The van der Waals surface area contributed by atoms with E-state index in [2.05, 4.69) is 15.7 Å². The first-order chi connectivity index (χ1) is 12.8. The van der Waals surface area contributed by atoms with Gasteiger partial charge < -0.3 is 10.6 Å². The van der Waals surface area contributed by atoms with Gasteiger partial charge in [-0.2, -0.15) is 5.10 Å². The lowest BCUT2D eigenvalue weighted by molar-refractivity contribution is 0.659. The summed E-state index contributed by atoms with van der Waals surface area (Å²) >= 11 is 23.6. The fourth-order valence-corrected chi connectivity index (χ4v) is 3.58. The predicted octanol–water partition coefficient (Wildman–Crippen LogP) is 6.32. The molecule has 3 rings (SSSR count). The second-order valence-electron chi connectivity index (χ2n) is 6.04. The summed E-state index contributed by atoms with van der Waals surface area (Å²) in [5.41, 5.74) is 4.44. The minimum Gasteiger partial charge on any atom is -0.331 e. The Hall–Kier alpha value is -1.79. The van der Waals surface area contributed by atoms with Crippen molar-refractivity contribution in [3.05, 3.63) is 74.5 Å². The minimum atomic E-state index is 0.424. The molecule has 0 atom stereocenters. The third kappa shape index (κ3) is 4.93. The molecule has 4 nitrogen and oxygen atoms in total. The monoisotopic (exact) mass is 438 g/mol. The molecule has 2 aromatic carbocycles. The van der Waals surface area contributed by atoms with E-state index in [9.17, 15) is 0 Å². The second kappa shape index (κ2) is 8.48. The van der Waals surface area contributed by atoms with Gasteiger partial charge in [0.2, 0.25) is 0 Å². The number of aryl methyl sites for hydroxylation is 1. The van der Waals surface area contributed by atoms with Crippen molar-refractivity contribution in [2.24, 2.45) is 0 Å². The third-order valence-electron chi connectivity index (χ3n) is 4.02. The number of nitrogens with one attached hydrogen (secondary N) is 2. The molecular formula is C19H17Cl3N4S. The van der Waals surface area contributed by atoms with Crippen molar-refractivity contribution in [2.45, 2.75) is 20.4 Å². The lowest BCUT2D eigenvalue weighted by atomic mass is 10.2. The maximum absolute atomic E-state index is 6.18. The summed E-state index contributed by atoms with van der Waals surface area (Å²) in [6, 6.07) is 12.9. The SMILES string of the molecule is Cc1nn(Cc2cccc(Cl)c2)c(C)c1NC(=S)Nc1ccc(Cl)cc1Cl. The quantitative estimate of drug-likeness (QED) is 0.467. The van der Waals surface area contributed by atoms with E-state index in [1.165, 1.54) is 0 Å². The van der Waals surface area contributed by atoms with Crippen molar-refractivity contribution < 1.29 is 0 Å². The number of nitrogens with zero attached hydrogens (tertiary/aromatic N) is 2. The highest BCUT2D eigenvalue weighted by Gasteiger charge is 2.14. The van der Waals surface area contributed by atoms with Gasteiger partial charge in [0.15, 0.2) is 5.11 Å². The van der Waals surface area contributed by atoms with Crippen LogP contribution < -0.4 is 10.6 Å². The molecule has 1 aromatic heterocycles. The highest BCUT2D eigenvalue weighted by Crippen LogP contribution is 2.26. The zero-order valence-electron chi connectivity index (χ0n) is 14.7. The average Bonchev–Trinajstić information content (AvgIpc) is 2.85. The normalized spacial score (nSPS) is 10.7. The van der Waals surface area contributed by atoms with Crippen LogP contribution in [-0.2, 0) is 6.54 Å². The molecule has 0 aliphatic carbocycles. The van der Waals surface area contributed by atoms with Crippen molar-refractivity contribution in [2.75, 3.05) is 10.6 Å². The predicted molar refractivity (Wildman–Crippen MR) is 119 cm³/mol. The molecule has 2 N–H and O–H groups in total. The van der Waals surface area contributed by atoms with Crippen molar-refractivity contribution in [1.82, 2.24) is 9.78 Å². The van der Waals surface area contributed by atoms with Gasteiger partial charge in [-0.25, -0.2) is 0 Å². The van der Waals surface area contributed by atoms with Gasteiger partial charge >= 0.3 is 0 Å². The van der Waals surface area contributed by atoms with Crippen LogP contribution in [0, 0.1) is 13.8 Å². The van der Waals surface area contributed by atoms with Crippen LogP contribution in [0.5, 0.6) is 0 Å². The number of hydrogen-bond acceptors (Lipinski definition) is 2. The first kappa shape index (κ1) is 20.0. The summed E-state index contributed by atoms with van der Waals surface area (Å²) in [6.07, 6.45) is 0. The average molecular weight is 440 g/mol. The highest BCUT2D eigenvalue weighted by atomic mass is 35.5. The highest BCUT2D eigenvalue weighted by molar-refractivity contribution is 7.80. The van der Waals surface area contributed by atoms with Gasteiger partial charge in [-0.1, -0.05) is 46.9 Å². The van der Waals surface area contributed by atoms with E-state index in [4.69, 9.17) is 47.0 Å². The van der Waals surface area contributed by atoms with E-state index in [-0.39, 0.29) is 0 Å². The Morgan fingerprint density at radius 1 is 1.04 bits per heavy atom. The van der Waals surface area contributed by atoms with Gasteiger partial charge in [-0.3, -0.25) is 4.68 Å². The van der Waals surface area contributed by atoms with Crippen molar-refractivity contribution in [3.8, 4) is 0 Å². The minimum absolute atomic E-state index is 0.424. The van der Waals surface area contributed by atoms with Gasteiger partial charge in [-0.05, 0) is 62.0 Å². The Labute approximate surface area is 178 Å². The molecule has 8 heteroatoms. The Morgan fingerprint density at radius 3 is 2.48 bits per heavy atom. The van der Waals surface area contributed by atoms with Crippen molar-refractivity contribution >= 4 is 63.5 Å². The van der Waals surface area contributed by atoms with Gasteiger partial charge in [0.25, 0.3) is 0 Å². The molecule has 0 radical (unpaired) electrons. The number of rotatable bonds is 4. The summed E-state index contributed by atoms with van der Waals surface area (Å²) in [7, 11) is 0. The zero-order chi connectivity index (χ0) is 19.6. The van der Waals surface area contributed by atoms with Crippen LogP contribution in [0.4, 0.5) is 11.4 Å². The number of benzene rings is 2. The summed E-state index contributed by atoms with van der Waals surface area (Å²) in [4.78, 5) is 0. The number of anilines is 2. The van der Waals surface area contributed by atoms with E-state index in [1.54, 1.807) is 18.2 Å². The first-order valence-electron chi connectivity index (χ1n) is 8.15. The molecule has 0 bridgehead atoms. The van der Waals surface area contributed by atoms with Crippen molar-refractivity contribution in [3.63, 3.8) is 0 Å². The van der Waals surface area contributed by atoms with Crippen LogP contribution in [0.1, 0.15) is 17.0 Å². The van der Waals surface area contributed by atoms with E-state index < -0.39 is 0 Å². The summed E-state index contributed by atoms with van der Waals surface area (Å²) in [5.74, 6) is 0. The smallest absolute Gasteiger partial charge is 0.175 e. The van der Waals surface area contributed by atoms with Crippen LogP contribution in [0.15, 0.2) is 42.5 Å². The Morgan fingerprint density at radius 2 is 1.78 bits per heavy atom. The van der Waals surface area contributed by atoms with Gasteiger partial charge in [-0.15, -0.1) is 0 Å². The van der Waals surface area contributed by atoms with Crippen LogP contribution >= 0.6 is 47.0 Å². The molecule has 1 heterocycles. The fourth-order valence-electron chi connectivity index (χ4n) is 2.70. The van der Waals surface area contributed by atoms with E-state index >= 15 is 0 Å². The largest absolute Gasteiger partial charge is 0.331 e. The van der Waals surface area contributed by atoms with Gasteiger partial charge in [0, 0.05) is 10.0 Å². The molecule has 0 aliphatic rings. The number of aromatic nitrogens is 2. The number of hydrogen-bond donors (Lipinski definition) is 2. The second-order valence-corrected chi connectivity index (χ2v) is 7.73. The van der Waals surface area contributed by atoms with E-state index in [1.807, 2.05) is 42.8 Å². The fraction of sp³-hybridized carbons (Fsp3) is 0.158. The molecule has 0 saturated carbocycles. The van der Waals surface area contributed by atoms with E-state index in [0.717, 1.165) is 22.6 Å². The van der Waals surface area contributed by atoms with Crippen LogP contribution in [0.25, 0.3) is 0 Å². The molecule has 0 aliphatic heterocycles. The molecule has 140 valence electrons. The van der Waals surface area contributed by atoms with Crippen molar-refractivity contribution in [1.29, 1.82) is 0 Å². The number of halogens is 3. The summed E-state index contributed by atoms with van der Waals surface area (Å²) in [5, 5.41) is 13.1.